The van der Waals surface area contributed by atoms with Crippen LogP contribution in [-0.2, 0) is 19.7 Å². The number of esters is 1. The van der Waals surface area contributed by atoms with Crippen LogP contribution >= 0.6 is 0 Å². The third-order valence-corrected chi connectivity index (χ3v) is 6.73. The molecule has 6 nitrogen and oxygen atoms in total. The van der Waals surface area contributed by atoms with Crippen LogP contribution in [0.2, 0.25) is 0 Å². The van der Waals surface area contributed by atoms with Crippen molar-refractivity contribution in [2.75, 3.05) is 19.8 Å². The molecule has 1 amide bonds. The van der Waals surface area contributed by atoms with Gasteiger partial charge in [-0.3, -0.25) is 9.59 Å². The highest BCUT2D eigenvalue weighted by molar-refractivity contribution is 5.87. The zero-order valence-electron chi connectivity index (χ0n) is 17.2. The average molecular weight is 402 g/mol. The third kappa shape index (κ3) is 4.21. The number of hydrogen-bond donors (Lipinski definition) is 1. The highest BCUT2D eigenvalue weighted by Gasteiger charge is 2.45. The Morgan fingerprint density at radius 3 is 2.55 bits per heavy atom. The smallest absolute Gasteiger partial charge is 0.317 e. The lowest BCUT2D eigenvalue weighted by molar-refractivity contribution is -0.154. The number of hydrogen-bond acceptors (Lipinski definition) is 5. The molecular formula is C23H31NO5. The summed E-state index contributed by atoms with van der Waals surface area (Å²) in [5, 5.41) is 3.06. The van der Waals surface area contributed by atoms with Gasteiger partial charge in [0.05, 0.1) is 5.41 Å². The Balaban J connectivity index is 1.42. The van der Waals surface area contributed by atoms with Gasteiger partial charge in [0.25, 0.3) is 5.91 Å². The van der Waals surface area contributed by atoms with Gasteiger partial charge in [-0.1, -0.05) is 38.7 Å². The van der Waals surface area contributed by atoms with Gasteiger partial charge in [0.2, 0.25) is 0 Å². The minimum atomic E-state index is -0.700. The van der Waals surface area contributed by atoms with E-state index >= 15 is 0 Å². The maximum Gasteiger partial charge on any atom is 0.317 e. The predicted molar refractivity (Wildman–Crippen MR) is 108 cm³/mol. The zero-order chi connectivity index (χ0) is 20.3. The molecule has 0 aromatic heterocycles. The van der Waals surface area contributed by atoms with Gasteiger partial charge in [0.15, 0.2) is 18.1 Å². The van der Waals surface area contributed by atoms with E-state index in [1.54, 1.807) is 0 Å². The normalized spacial score (nSPS) is 25.3. The van der Waals surface area contributed by atoms with Crippen molar-refractivity contribution in [1.29, 1.82) is 0 Å². The Morgan fingerprint density at radius 2 is 1.79 bits per heavy atom. The van der Waals surface area contributed by atoms with Crippen LogP contribution < -0.4 is 14.8 Å². The maximum absolute atomic E-state index is 13.1. The van der Waals surface area contributed by atoms with E-state index in [9.17, 15) is 9.59 Å². The molecule has 1 aliphatic heterocycles. The highest BCUT2D eigenvalue weighted by Crippen LogP contribution is 2.45. The van der Waals surface area contributed by atoms with Crippen molar-refractivity contribution in [2.24, 2.45) is 5.92 Å². The molecule has 1 N–H and O–H groups in total. The molecule has 1 aromatic rings. The molecule has 2 unspecified atom stereocenters. The van der Waals surface area contributed by atoms with Crippen molar-refractivity contribution in [2.45, 2.75) is 69.7 Å². The molecule has 29 heavy (non-hydrogen) atoms. The first kappa shape index (κ1) is 20.0. The fourth-order valence-corrected chi connectivity index (χ4v) is 4.98. The topological polar surface area (TPSA) is 73.9 Å². The Morgan fingerprint density at radius 1 is 1.07 bits per heavy atom. The summed E-state index contributed by atoms with van der Waals surface area (Å²) in [5.41, 5.74) is 0.194. The van der Waals surface area contributed by atoms with E-state index in [1.165, 1.54) is 6.42 Å². The Labute approximate surface area is 172 Å². The van der Waals surface area contributed by atoms with Gasteiger partial charge < -0.3 is 19.5 Å². The highest BCUT2D eigenvalue weighted by atomic mass is 16.6. The Bertz CT molecular complexity index is 756. The minimum Gasteiger partial charge on any atom is -0.486 e. The number of carbonyl (C=O) groups is 2. The Hall–Kier alpha value is -2.24. The van der Waals surface area contributed by atoms with Gasteiger partial charge in [-0.2, -0.15) is 0 Å². The number of ether oxygens (including phenoxy) is 3. The lowest BCUT2D eigenvalue weighted by atomic mass is 9.78. The summed E-state index contributed by atoms with van der Waals surface area (Å²) in [6.07, 6.45) is 7.90. The van der Waals surface area contributed by atoms with Crippen molar-refractivity contribution in [3.05, 3.63) is 23.8 Å². The summed E-state index contributed by atoms with van der Waals surface area (Å²) in [6.45, 7) is 3.00. The monoisotopic (exact) mass is 401 g/mol. The predicted octanol–water partition coefficient (Wildman–Crippen LogP) is 3.51. The van der Waals surface area contributed by atoms with Crippen LogP contribution in [0.5, 0.6) is 11.5 Å². The fraction of sp³-hybridized carbons (Fsp3) is 0.652. The molecule has 0 bridgehead atoms. The summed E-state index contributed by atoms with van der Waals surface area (Å²) in [5.74, 6) is 1.35. The largest absolute Gasteiger partial charge is 0.486 e. The molecule has 6 heteroatoms. The summed E-state index contributed by atoms with van der Waals surface area (Å²) >= 11 is 0. The first-order valence-electron chi connectivity index (χ1n) is 11.0. The maximum atomic E-state index is 13.1. The van der Waals surface area contributed by atoms with Crippen molar-refractivity contribution in [1.82, 2.24) is 5.32 Å². The number of amides is 1. The summed E-state index contributed by atoms with van der Waals surface area (Å²) < 4.78 is 16.8. The van der Waals surface area contributed by atoms with Crippen molar-refractivity contribution in [3.8, 4) is 11.5 Å². The third-order valence-electron chi connectivity index (χ3n) is 6.73. The molecule has 158 valence electrons. The van der Waals surface area contributed by atoms with Crippen LogP contribution in [0.15, 0.2) is 18.2 Å². The van der Waals surface area contributed by atoms with Gasteiger partial charge in [0.1, 0.15) is 13.2 Å². The SMILES string of the molecule is CC1CCCCC1NC(=O)COC(=O)C1(c2ccc3c(c2)OCCO3)CCCC1. The quantitative estimate of drug-likeness (QED) is 0.765. The summed E-state index contributed by atoms with van der Waals surface area (Å²) in [6, 6.07) is 5.90. The van der Waals surface area contributed by atoms with E-state index in [2.05, 4.69) is 12.2 Å². The van der Waals surface area contributed by atoms with Gasteiger partial charge in [0, 0.05) is 6.04 Å². The molecule has 0 saturated heterocycles. The summed E-state index contributed by atoms with van der Waals surface area (Å²) in [4.78, 5) is 25.5. The summed E-state index contributed by atoms with van der Waals surface area (Å²) in [7, 11) is 0. The number of nitrogens with one attached hydrogen (secondary N) is 1. The lowest BCUT2D eigenvalue weighted by Crippen LogP contribution is -2.44. The molecule has 1 heterocycles. The second kappa shape index (κ2) is 8.64. The molecule has 2 saturated carbocycles. The molecule has 4 rings (SSSR count). The van der Waals surface area contributed by atoms with E-state index in [0.717, 1.165) is 50.5 Å². The van der Waals surface area contributed by atoms with Crippen molar-refractivity contribution < 1.29 is 23.8 Å². The Kier molecular flexibility index (Phi) is 5.97. The van der Waals surface area contributed by atoms with E-state index in [1.807, 2.05) is 18.2 Å². The van der Waals surface area contributed by atoms with Crippen LogP contribution in [0.3, 0.4) is 0 Å². The first-order valence-corrected chi connectivity index (χ1v) is 11.0. The lowest BCUT2D eigenvalue weighted by Gasteiger charge is -2.30. The van der Waals surface area contributed by atoms with Gasteiger partial charge in [-0.25, -0.2) is 0 Å². The van der Waals surface area contributed by atoms with Crippen LogP contribution in [0.1, 0.15) is 63.9 Å². The number of fused-ring (bicyclic) bond motifs is 1. The molecule has 0 spiro atoms. The molecule has 2 fully saturated rings. The van der Waals surface area contributed by atoms with Gasteiger partial charge >= 0.3 is 5.97 Å². The molecule has 1 aromatic carbocycles. The van der Waals surface area contributed by atoms with E-state index < -0.39 is 5.41 Å². The molecule has 3 aliphatic rings. The number of benzene rings is 1. The minimum absolute atomic E-state index is 0.188. The number of rotatable bonds is 5. The van der Waals surface area contributed by atoms with E-state index in [0.29, 0.717) is 30.6 Å². The van der Waals surface area contributed by atoms with Crippen LogP contribution in [0.25, 0.3) is 0 Å². The van der Waals surface area contributed by atoms with Crippen molar-refractivity contribution >= 4 is 11.9 Å². The molecule has 0 radical (unpaired) electrons. The number of carbonyl (C=O) groups excluding carboxylic acids is 2. The van der Waals surface area contributed by atoms with E-state index in [-0.39, 0.29) is 24.5 Å². The fourth-order valence-electron chi connectivity index (χ4n) is 4.98. The first-order chi connectivity index (χ1) is 14.1. The average Bonchev–Trinajstić information content (AvgIpc) is 3.24. The molecule has 2 aliphatic carbocycles. The van der Waals surface area contributed by atoms with E-state index in [4.69, 9.17) is 14.2 Å². The molecular weight excluding hydrogens is 370 g/mol. The van der Waals surface area contributed by atoms with Crippen molar-refractivity contribution in [3.63, 3.8) is 0 Å². The molecule has 2 atom stereocenters. The van der Waals surface area contributed by atoms with Crippen LogP contribution in [0.4, 0.5) is 0 Å². The van der Waals surface area contributed by atoms with Crippen LogP contribution in [-0.4, -0.2) is 37.7 Å². The van der Waals surface area contributed by atoms with Gasteiger partial charge in [-0.05, 0) is 49.3 Å². The van der Waals surface area contributed by atoms with Gasteiger partial charge in [-0.15, -0.1) is 0 Å². The zero-order valence-corrected chi connectivity index (χ0v) is 17.2. The standard InChI is InChI=1S/C23H31NO5/c1-16-6-2-3-7-18(16)24-21(25)15-29-22(26)23(10-4-5-11-23)17-8-9-19-20(14-17)28-13-12-27-19/h8-9,14,16,18H,2-7,10-13,15H2,1H3,(H,24,25). The second-order valence-corrected chi connectivity index (χ2v) is 8.66. The second-order valence-electron chi connectivity index (χ2n) is 8.66. The van der Waals surface area contributed by atoms with Crippen LogP contribution in [0, 0.1) is 5.92 Å².